The summed E-state index contributed by atoms with van der Waals surface area (Å²) in [7, 11) is 0. The van der Waals surface area contributed by atoms with Gasteiger partial charge in [-0.3, -0.25) is 4.79 Å². The highest BCUT2D eigenvalue weighted by Gasteiger charge is 2.49. The standard InChI is InChI=1S/C14H13IO3S/c15-11-12(9-1-3-10(19)4-2-9)18-14(13(11)16)5-7-17-8-6-14/h1-4,19H,5-8H2. The minimum Gasteiger partial charge on any atom is -0.477 e. The number of carbonyl (C=O) groups excluding carboxylic acids is 1. The number of carbonyl (C=O) groups is 1. The molecule has 3 nitrogen and oxygen atoms in total. The SMILES string of the molecule is O=C1C(I)=C(c2ccc(S)cc2)OC12CCOCC2. The molecule has 0 aromatic heterocycles. The highest BCUT2D eigenvalue weighted by Crippen LogP contribution is 2.44. The summed E-state index contributed by atoms with van der Waals surface area (Å²) in [6.07, 6.45) is 1.26. The number of hydrogen-bond donors (Lipinski definition) is 1. The highest BCUT2D eigenvalue weighted by atomic mass is 127. The van der Waals surface area contributed by atoms with Gasteiger partial charge in [0.25, 0.3) is 0 Å². The number of Topliss-reactive ketones (excluding diaryl/α,β-unsaturated/α-hetero) is 1. The quantitative estimate of drug-likeness (QED) is 0.593. The summed E-state index contributed by atoms with van der Waals surface area (Å²) in [4.78, 5) is 13.4. The fourth-order valence-corrected chi connectivity index (χ4v) is 3.48. The van der Waals surface area contributed by atoms with Gasteiger partial charge in [-0.25, -0.2) is 0 Å². The lowest BCUT2D eigenvalue weighted by molar-refractivity contribution is -0.137. The van der Waals surface area contributed by atoms with Gasteiger partial charge in [0.05, 0.1) is 13.2 Å². The van der Waals surface area contributed by atoms with Crippen LogP contribution in [0, 0.1) is 0 Å². The Morgan fingerprint density at radius 3 is 2.42 bits per heavy atom. The molecule has 0 N–H and O–H groups in total. The van der Waals surface area contributed by atoms with E-state index in [1.807, 2.05) is 24.3 Å². The molecular formula is C14H13IO3S. The van der Waals surface area contributed by atoms with Crippen molar-refractivity contribution >= 4 is 46.8 Å². The van der Waals surface area contributed by atoms with Gasteiger partial charge in [-0.1, -0.05) is 12.1 Å². The van der Waals surface area contributed by atoms with E-state index in [0.29, 0.717) is 35.4 Å². The molecule has 100 valence electrons. The Hall–Kier alpha value is -0.530. The Morgan fingerprint density at radius 1 is 1.16 bits per heavy atom. The molecule has 2 aliphatic heterocycles. The zero-order valence-corrected chi connectivity index (χ0v) is 13.2. The van der Waals surface area contributed by atoms with Crippen LogP contribution in [0.15, 0.2) is 32.7 Å². The average molecular weight is 388 g/mol. The maximum Gasteiger partial charge on any atom is 0.216 e. The first-order valence-electron chi connectivity index (χ1n) is 6.13. The van der Waals surface area contributed by atoms with Crippen molar-refractivity contribution in [1.29, 1.82) is 0 Å². The lowest BCUT2D eigenvalue weighted by Crippen LogP contribution is -2.42. The Balaban J connectivity index is 1.94. The van der Waals surface area contributed by atoms with Crippen LogP contribution in [0.1, 0.15) is 18.4 Å². The molecule has 19 heavy (non-hydrogen) atoms. The first kappa shape index (κ1) is 13.5. The molecule has 0 amide bonds. The van der Waals surface area contributed by atoms with E-state index >= 15 is 0 Å². The van der Waals surface area contributed by atoms with Crippen molar-refractivity contribution in [3.63, 3.8) is 0 Å². The summed E-state index contributed by atoms with van der Waals surface area (Å²) in [5.41, 5.74) is 0.239. The van der Waals surface area contributed by atoms with Crippen LogP contribution in [0.25, 0.3) is 5.76 Å². The molecule has 0 saturated carbocycles. The number of halogens is 1. The molecule has 1 saturated heterocycles. The normalized spacial score (nSPS) is 21.9. The molecule has 1 fully saturated rings. The summed E-state index contributed by atoms with van der Waals surface area (Å²) in [5.74, 6) is 0.794. The van der Waals surface area contributed by atoms with Gasteiger partial charge < -0.3 is 9.47 Å². The number of ether oxygens (including phenoxy) is 2. The minimum absolute atomic E-state index is 0.0985. The molecule has 2 heterocycles. The fraction of sp³-hybridized carbons (Fsp3) is 0.357. The number of hydrogen-bond acceptors (Lipinski definition) is 4. The van der Waals surface area contributed by atoms with Gasteiger partial charge >= 0.3 is 0 Å². The lowest BCUT2D eigenvalue weighted by atomic mass is 9.90. The van der Waals surface area contributed by atoms with Crippen LogP contribution in [0.4, 0.5) is 0 Å². The van der Waals surface area contributed by atoms with Crippen LogP contribution < -0.4 is 0 Å². The summed E-state index contributed by atoms with van der Waals surface area (Å²) < 4.78 is 12.1. The first-order valence-corrected chi connectivity index (χ1v) is 7.66. The molecule has 5 heteroatoms. The first-order chi connectivity index (χ1) is 9.12. The van der Waals surface area contributed by atoms with Crippen LogP contribution in [-0.2, 0) is 14.3 Å². The lowest BCUT2D eigenvalue weighted by Gasteiger charge is -2.31. The van der Waals surface area contributed by atoms with Gasteiger partial charge in [-0.15, -0.1) is 12.6 Å². The van der Waals surface area contributed by atoms with E-state index in [-0.39, 0.29) is 5.78 Å². The van der Waals surface area contributed by atoms with Gasteiger partial charge in [0.2, 0.25) is 5.78 Å². The molecule has 0 radical (unpaired) electrons. The highest BCUT2D eigenvalue weighted by molar-refractivity contribution is 14.1. The second kappa shape index (κ2) is 5.10. The zero-order chi connectivity index (χ0) is 13.5. The Labute approximate surface area is 130 Å². The van der Waals surface area contributed by atoms with Crippen molar-refractivity contribution in [3.05, 3.63) is 33.4 Å². The number of thiol groups is 1. The summed E-state index contributed by atoms with van der Waals surface area (Å²) in [5, 5.41) is 0. The van der Waals surface area contributed by atoms with E-state index in [1.165, 1.54) is 0 Å². The van der Waals surface area contributed by atoms with Crippen LogP contribution in [0.2, 0.25) is 0 Å². The number of rotatable bonds is 1. The molecule has 0 unspecified atom stereocenters. The predicted octanol–water partition coefficient (Wildman–Crippen LogP) is 3.23. The van der Waals surface area contributed by atoms with Gasteiger partial charge in [0, 0.05) is 23.3 Å². The molecule has 1 aromatic carbocycles. The smallest absolute Gasteiger partial charge is 0.216 e. The molecular weight excluding hydrogens is 375 g/mol. The van der Waals surface area contributed by atoms with E-state index in [2.05, 4.69) is 35.2 Å². The van der Waals surface area contributed by atoms with Crippen molar-refractivity contribution in [2.24, 2.45) is 0 Å². The van der Waals surface area contributed by atoms with E-state index < -0.39 is 5.60 Å². The molecule has 1 spiro atoms. The van der Waals surface area contributed by atoms with Crippen molar-refractivity contribution in [2.45, 2.75) is 23.3 Å². The monoisotopic (exact) mass is 388 g/mol. The second-order valence-electron chi connectivity index (χ2n) is 4.73. The molecule has 1 aromatic rings. The molecule has 0 atom stereocenters. The van der Waals surface area contributed by atoms with Crippen molar-refractivity contribution in [2.75, 3.05) is 13.2 Å². The number of benzene rings is 1. The second-order valence-corrected chi connectivity index (χ2v) is 6.32. The molecule has 0 aliphatic carbocycles. The third kappa shape index (κ3) is 2.32. The summed E-state index contributed by atoms with van der Waals surface area (Å²) >= 11 is 6.36. The van der Waals surface area contributed by atoms with Crippen molar-refractivity contribution < 1.29 is 14.3 Å². The van der Waals surface area contributed by atoms with Crippen LogP contribution >= 0.6 is 35.2 Å². The fourth-order valence-electron chi connectivity index (χ4n) is 2.42. The summed E-state index contributed by atoms with van der Waals surface area (Å²) in [6.45, 7) is 1.16. The van der Waals surface area contributed by atoms with Gasteiger partial charge in [0.1, 0.15) is 9.34 Å². The van der Waals surface area contributed by atoms with Gasteiger partial charge in [-0.05, 0) is 34.7 Å². The van der Waals surface area contributed by atoms with Crippen LogP contribution in [0.3, 0.4) is 0 Å². The maximum atomic E-state index is 12.5. The van der Waals surface area contributed by atoms with E-state index in [4.69, 9.17) is 9.47 Å². The molecule has 0 bridgehead atoms. The topological polar surface area (TPSA) is 35.5 Å². The van der Waals surface area contributed by atoms with Gasteiger partial charge in [-0.2, -0.15) is 0 Å². The largest absolute Gasteiger partial charge is 0.477 e. The molecule has 2 aliphatic rings. The van der Waals surface area contributed by atoms with E-state index in [1.54, 1.807) is 0 Å². The van der Waals surface area contributed by atoms with Gasteiger partial charge in [0.15, 0.2) is 5.60 Å². The van der Waals surface area contributed by atoms with Crippen LogP contribution in [-0.4, -0.2) is 24.6 Å². The summed E-state index contributed by atoms with van der Waals surface area (Å²) in [6, 6.07) is 7.67. The predicted molar refractivity (Wildman–Crippen MR) is 83.5 cm³/mol. The Morgan fingerprint density at radius 2 is 1.79 bits per heavy atom. The maximum absolute atomic E-state index is 12.5. The Kier molecular flexibility index (Phi) is 3.61. The number of ketones is 1. The van der Waals surface area contributed by atoms with Crippen molar-refractivity contribution in [3.8, 4) is 0 Å². The third-order valence-electron chi connectivity index (χ3n) is 3.54. The van der Waals surface area contributed by atoms with Crippen molar-refractivity contribution in [1.82, 2.24) is 0 Å². The zero-order valence-electron chi connectivity index (χ0n) is 10.2. The van der Waals surface area contributed by atoms with Crippen LogP contribution in [0.5, 0.6) is 0 Å². The minimum atomic E-state index is -0.691. The van der Waals surface area contributed by atoms with E-state index in [9.17, 15) is 4.79 Å². The Bertz CT molecular complexity index is 544. The van der Waals surface area contributed by atoms with E-state index in [0.717, 1.165) is 10.5 Å². The molecule has 3 rings (SSSR count). The third-order valence-corrected chi connectivity index (χ3v) is 4.82. The average Bonchev–Trinajstić information content (AvgIpc) is 2.67.